The number of aromatic nitrogens is 1. The summed E-state index contributed by atoms with van der Waals surface area (Å²) in [4.78, 5) is 18.0. The minimum Gasteiger partial charge on any atom is -0.445 e. The maximum atomic E-state index is 12.1. The molecule has 1 aliphatic rings. The fraction of sp³-hybridized carbons (Fsp3) is 0.733. The molecular formula is C15H25N3O3. The molecule has 21 heavy (non-hydrogen) atoms. The average Bonchev–Trinajstić information content (AvgIpc) is 2.81. The summed E-state index contributed by atoms with van der Waals surface area (Å²) in [6.07, 6.45) is 3.49. The Balaban J connectivity index is 1.81. The van der Waals surface area contributed by atoms with Crippen LogP contribution >= 0.6 is 0 Å². The number of oxazole rings is 1. The number of nitrogens with zero attached hydrogens (tertiary/aromatic N) is 2. The Hall–Kier alpha value is -1.56. The van der Waals surface area contributed by atoms with Gasteiger partial charge in [-0.15, -0.1) is 0 Å². The molecule has 0 saturated carbocycles. The lowest BCUT2D eigenvalue weighted by molar-refractivity contribution is 0.0186. The van der Waals surface area contributed by atoms with Crippen LogP contribution in [0, 0.1) is 6.92 Å². The molecule has 0 aromatic carbocycles. The van der Waals surface area contributed by atoms with Crippen molar-refractivity contribution < 1.29 is 13.9 Å². The average molecular weight is 295 g/mol. The fourth-order valence-electron chi connectivity index (χ4n) is 2.35. The standard InChI is InChI=1S/C15H25N3O3/c1-11-8-17-13(20-11)9-16-12-6-5-7-18(10-12)14(19)21-15(2,3)4/h8,12,16H,5-7,9-10H2,1-4H3. The van der Waals surface area contributed by atoms with Gasteiger partial charge in [0.2, 0.25) is 5.89 Å². The van der Waals surface area contributed by atoms with Crippen LogP contribution in [0.25, 0.3) is 0 Å². The van der Waals surface area contributed by atoms with Crippen molar-refractivity contribution in [3.63, 3.8) is 0 Å². The highest BCUT2D eigenvalue weighted by molar-refractivity contribution is 5.68. The molecule has 1 N–H and O–H groups in total. The van der Waals surface area contributed by atoms with Crippen LogP contribution in [-0.4, -0.2) is 40.7 Å². The SMILES string of the molecule is Cc1cnc(CNC2CCCN(C(=O)OC(C)(C)C)C2)o1. The second kappa shape index (κ2) is 6.47. The molecule has 118 valence electrons. The molecule has 1 atom stereocenters. The van der Waals surface area contributed by atoms with Crippen molar-refractivity contribution in [1.82, 2.24) is 15.2 Å². The van der Waals surface area contributed by atoms with Gasteiger partial charge in [-0.3, -0.25) is 0 Å². The van der Waals surface area contributed by atoms with Crippen LogP contribution in [0.15, 0.2) is 10.6 Å². The van der Waals surface area contributed by atoms with Crippen molar-refractivity contribution in [3.8, 4) is 0 Å². The number of nitrogens with one attached hydrogen (secondary N) is 1. The van der Waals surface area contributed by atoms with Crippen LogP contribution in [0.3, 0.4) is 0 Å². The summed E-state index contributed by atoms with van der Waals surface area (Å²) in [7, 11) is 0. The van der Waals surface area contributed by atoms with E-state index < -0.39 is 5.60 Å². The van der Waals surface area contributed by atoms with Gasteiger partial charge in [0, 0.05) is 19.1 Å². The summed E-state index contributed by atoms with van der Waals surface area (Å²) in [5, 5.41) is 3.39. The highest BCUT2D eigenvalue weighted by atomic mass is 16.6. The third kappa shape index (κ3) is 5.04. The Labute approximate surface area is 125 Å². The Morgan fingerprint density at radius 3 is 2.95 bits per heavy atom. The third-order valence-corrected chi connectivity index (χ3v) is 3.28. The normalized spacial score (nSPS) is 19.6. The molecule has 1 saturated heterocycles. The van der Waals surface area contributed by atoms with E-state index in [0.717, 1.165) is 25.1 Å². The van der Waals surface area contributed by atoms with Gasteiger partial charge in [-0.2, -0.15) is 0 Å². The Morgan fingerprint density at radius 2 is 2.33 bits per heavy atom. The van der Waals surface area contributed by atoms with Gasteiger partial charge in [0.15, 0.2) is 0 Å². The summed E-state index contributed by atoms with van der Waals surface area (Å²) in [6.45, 7) is 9.53. The van der Waals surface area contributed by atoms with Gasteiger partial charge in [0.25, 0.3) is 0 Å². The third-order valence-electron chi connectivity index (χ3n) is 3.28. The summed E-state index contributed by atoms with van der Waals surface area (Å²) in [5.41, 5.74) is -0.451. The zero-order valence-corrected chi connectivity index (χ0v) is 13.3. The van der Waals surface area contributed by atoms with Crippen LogP contribution in [0.4, 0.5) is 4.79 Å². The van der Waals surface area contributed by atoms with E-state index in [4.69, 9.17) is 9.15 Å². The van der Waals surface area contributed by atoms with Gasteiger partial charge in [0.05, 0.1) is 12.7 Å². The first kappa shape index (κ1) is 15.8. The molecule has 0 radical (unpaired) electrons. The van der Waals surface area contributed by atoms with Gasteiger partial charge in [-0.05, 0) is 40.5 Å². The van der Waals surface area contributed by atoms with Crippen LogP contribution in [0.1, 0.15) is 45.3 Å². The number of hydrogen-bond acceptors (Lipinski definition) is 5. The zero-order chi connectivity index (χ0) is 15.5. The number of carbonyl (C=O) groups excluding carboxylic acids is 1. The molecule has 2 rings (SSSR count). The number of ether oxygens (including phenoxy) is 1. The molecular weight excluding hydrogens is 270 g/mol. The van der Waals surface area contributed by atoms with E-state index in [0.29, 0.717) is 19.0 Å². The first-order chi connectivity index (χ1) is 9.83. The van der Waals surface area contributed by atoms with Gasteiger partial charge < -0.3 is 19.4 Å². The molecule has 1 fully saturated rings. The molecule has 2 heterocycles. The molecule has 1 aliphatic heterocycles. The van der Waals surface area contributed by atoms with E-state index in [1.165, 1.54) is 0 Å². The van der Waals surface area contributed by atoms with E-state index in [2.05, 4.69) is 10.3 Å². The van der Waals surface area contributed by atoms with Crippen molar-refractivity contribution in [2.45, 2.75) is 58.7 Å². The van der Waals surface area contributed by atoms with E-state index in [1.807, 2.05) is 27.7 Å². The maximum absolute atomic E-state index is 12.1. The Bertz CT molecular complexity index is 479. The van der Waals surface area contributed by atoms with E-state index in [-0.39, 0.29) is 12.1 Å². The van der Waals surface area contributed by atoms with Gasteiger partial charge in [-0.1, -0.05) is 0 Å². The highest BCUT2D eigenvalue weighted by Gasteiger charge is 2.27. The van der Waals surface area contributed by atoms with Crippen molar-refractivity contribution in [2.75, 3.05) is 13.1 Å². The van der Waals surface area contributed by atoms with Crippen molar-refractivity contribution in [1.29, 1.82) is 0 Å². The van der Waals surface area contributed by atoms with Crippen LogP contribution in [0.2, 0.25) is 0 Å². The number of amides is 1. The summed E-state index contributed by atoms with van der Waals surface area (Å²) >= 11 is 0. The lowest BCUT2D eigenvalue weighted by atomic mass is 10.1. The predicted molar refractivity (Wildman–Crippen MR) is 78.9 cm³/mol. The monoisotopic (exact) mass is 295 g/mol. The molecule has 0 spiro atoms. The number of aryl methyl sites for hydroxylation is 1. The second-order valence-electron chi connectivity index (χ2n) is 6.51. The molecule has 1 unspecified atom stereocenters. The van der Waals surface area contributed by atoms with Crippen LogP contribution < -0.4 is 5.32 Å². The Kier molecular flexibility index (Phi) is 4.88. The summed E-state index contributed by atoms with van der Waals surface area (Å²) in [6, 6.07) is 0.249. The molecule has 1 aromatic heterocycles. The minimum atomic E-state index is -0.451. The van der Waals surface area contributed by atoms with Crippen LogP contribution in [0.5, 0.6) is 0 Å². The zero-order valence-electron chi connectivity index (χ0n) is 13.3. The number of rotatable bonds is 3. The van der Waals surface area contributed by atoms with Crippen molar-refractivity contribution in [3.05, 3.63) is 17.8 Å². The lowest BCUT2D eigenvalue weighted by Crippen LogP contribution is -2.49. The smallest absolute Gasteiger partial charge is 0.410 e. The van der Waals surface area contributed by atoms with Crippen molar-refractivity contribution in [2.24, 2.45) is 0 Å². The number of hydrogen-bond donors (Lipinski definition) is 1. The summed E-state index contributed by atoms with van der Waals surface area (Å²) in [5.74, 6) is 1.49. The van der Waals surface area contributed by atoms with Gasteiger partial charge >= 0.3 is 6.09 Å². The van der Waals surface area contributed by atoms with Gasteiger partial charge in [-0.25, -0.2) is 9.78 Å². The molecule has 6 nitrogen and oxygen atoms in total. The lowest BCUT2D eigenvalue weighted by Gasteiger charge is -2.34. The molecule has 0 bridgehead atoms. The van der Waals surface area contributed by atoms with Crippen LogP contribution in [-0.2, 0) is 11.3 Å². The number of carbonyl (C=O) groups is 1. The van der Waals surface area contributed by atoms with E-state index >= 15 is 0 Å². The first-order valence-electron chi connectivity index (χ1n) is 7.46. The number of piperidine rings is 1. The first-order valence-corrected chi connectivity index (χ1v) is 7.46. The Morgan fingerprint density at radius 1 is 1.57 bits per heavy atom. The van der Waals surface area contributed by atoms with Crippen molar-refractivity contribution >= 4 is 6.09 Å². The molecule has 1 amide bonds. The molecule has 1 aromatic rings. The number of likely N-dealkylation sites (tertiary alicyclic amines) is 1. The van der Waals surface area contributed by atoms with E-state index in [1.54, 1.807) is 11.1 Å². The molecule has 0 aliphatic carbocycles. The fourth-order valence-corrected chi connectivity index (χ4v) is 2.35. The second-order valence-corrected chi connectivity index (χ2v) is 6.51. The quantitative estimate of drug-likeness (QED) is 0.928. The van der Waals surface area contributed by atoms with E-state index in [9.17, 15) is 4.79 Å². The summed E-state index contributed by atoms with van der Waals surface area (Å²) < 4.78 is 10.9. The minimum absolute atomic E-state index is 0.235. The highest BCUT2D eigenvalue weighted by Crippen LogP contribution is 2.15. The predicted octanol–water partition coefficient (Wildman–Crippen LogP) is 2.47. The van der Waals surface area contributed by atoms with Gasteiger partial charge in [0.1, 0.15) is 11.4 Å². The largest absolute Gasteiger partial charge is 0.445 e. The topological polar surface area (TPSA) is 67.6 Å². The maximum Gasteiger partial charge on any atom is 0.410 e. The molecule has 6 heteroatoms.